The average Bonchev–Trinajstić information content (AvgIpc) is 2.93. The molecule has 0 atom stereocenters. The minimum Gasteiger partial charge on any atom is -0.490 e. The quantitative estimate of drug-likeness (QED) is 0.544. The molecule has 2 aromatic heterocycles. The van der Waals surface area contributed by atoms with Crippen LogP contribution in [0.15, 0.2) is 48.8 Å². The molecule has 0 amide bonds. The Morgan fingerprint density at radius 1 is 1.33 bits per heavy atom. The van der Waals surface area contributed by atoms with Gasteiger partial charge in [-0.25, -0.2) is 4.98 Å². The highest BCUT2D eigenvalue weighted by molar-refractivity contribution is 5.67. The van der Waals surface area contributed by atoms with Crippen molar-refractivity contribution in [1.82, 2.24) is 9.38 Å². The van der Waals surface area contributed by atoms with E-state index in [9.17, 15) is 10.1 Å². The van der Waals surface area contributed by atoms with Gasteiger partial charge in [0.05, 0.1) is 17.2 Å². The summed E-state index contributed by atoms with van der Waals surface area (Å²) < 4.78 is 7.39. The molecule has 0 saturated carbocycles. The average molecular weight is 283 g/mol. The van der Waals surface area contributed by atoms with Gasteiger partial charge >= 0.3 is 0 Å². The summed E-state index contributed by atoms with van der Waals surface area (Å²) in [7, 11) is 0. The van der Waals surface area contributed by atoms with E-state index in [-0.39, 0.29) is 5.69 Å². The van der Waals surface area contributed by atoms with E-state index in [1.54, 1.807) is 12.1 Å². The molecule has 21 heavy (non-hydrogen) atoms. The maximum atomic E-state index is 10.9. The van der Waals surface area contributed by atoms with E-state index in [0.717, 1.165) is 0 Å². The molecule has 6 heteroatoms. The first-order valence-electron chi connectivity index (χ1n) is 6.54. The van der Waals surface area contributed by atoms with Crippen LogP contribution in [0.2, 0.25) is 0 Å². The number of benzene rings is 1. The van der Waals surface area contributed by atoms with Gasteiger partial charge in [-0.3, -0.25) is 10.1 Å². The number of nitro benzene ring substituents is 1. The van der Waals surface area contributed by atoms with Crippen molar-refractivity contribution in [3.63, 3.8) is 0 Å². The van der Waals surface area contributed by atoms with Crippen molar-refractivity contribution in [3.05, 3.63) is 58.9 Å². The Bertz CT molecular complexity index is 811. The van der Waals surface area contributed by atoms with E-state index >= 15 is 0 Å². The standard InChI is InChI=1S/C15H13N3O3/c1-2-21-14-7-4-8-17-10-13(16-15(14)17)11-5-3-6-12(9-11)18(19)20/h3-10H,2H2,1H3. The van der Waals surface area contributed by atoms with Crippen LogP contribution in [0.3, 0.4) is 0 Å². The molecule has 0 radical (unpaired) electrons. The Labute approximate surface area is 120 Å². The second-order valence-electron chi connectivity index (χ2n) is 4.47. The van der Waals surface area contributed by atoms with Crippen LogP contribution in [0.25, 0.3) is 16.9 Å². The highest BCUT2D eigenvalue weighted by Gasteiger charge is 2.11. The molecule has 0 N–H and O–H groups in total. The van der Waals surface area contributed by atoms with Crippen LogP contribution in [0, 0.1) is 10.1 Å². The van der Waals surface area contributed by atoms with Gasteiger partial charge < -0.3 is 9.14 Å². The summed E-state index contributed by atoms with van der Waals surface area (Å²) >= 11 is 0. The van der Waals surface area contributed by atoms with E-state index in [1.807, 2.05) is 35.9 Å². The molecule has 0 saturated heterocycles. The Morgan fingerprint density at radius 3 is 2.95 bits per heavy atom. The number of non-ortho nitro benzene ring substituents is 1. The summed E-state index contributed by atoms with van der Waals surface area (Å²) in [6.45, 7) is 2.46. The van der Waals surface area contributed by atoms with Gasteiger partial charge in [-0.1, -0.05) is 12.1 Å². The zero-order chi connectivity index (χ0) is 14.8. The van der Waals surface area contributed by atoms with Gasteiger partial charge in [0.15, 0.2) is 11.4 Å². The van der Waals surface area contributed by atoms with E-state index in [0.29, 0.717) is 29.3 Å². The first kappa shape index (κ1) is 13.1. The molecule has 0 spiro atoms. The molecule has 106 valence electrons. The third-order valence-electron chi connectivity index (χ3n) is 3.10. The fraction of sp³-hybridized carbons (Fsp3) is 0.133. The van der Waals surface area contributed by atoms with E-state index in [2.05, 4.69) is 4.98 Å². The topological polar surface area (TPSA) is 69.7 Å². The van der Waals surface area contributed by atoms with Crippen LogP contribution in [-0.2, 0) is 0 Å². The normalized spacial score (nSPS) is 10.7. The SMILES string of the molecule is CCOc1cccn2cc(-c3cccc([N+](=O)[O-])c3)nc12. The summed E-state index contributed by atoms with van der Waals surface area (Å²) in [6.07, 6.45) is 3.70. The molecule has 3 aromatic rings. The molecular weight excluding hydrogens is 270 g/mol. The van der Waals surface area contributed by atoms with Crippen LogP contribution in [-0.4, -0.2) is 20.9 Å². The fourth-order valence-corrected chi connectivity index (χ4v) is 2.17. The van der Waals surface area contributed by atoms with Crippen molar-refractivity contribution in [2.75, 3.05) is 6.61 Å². The number of ether oxygens (including phenoxy) is 1. The van der Waals surface area contributed by atoms with Crippen LogP contribution >= 0.6 is 0 Å². The lowest BCUT2D eigenvalue weighted by molar-refractivity contribution is -0.384. The molecule has 0 aliphatic heterocycles. The van der Waals surface area contributed by atoms with Crippen LogP contribution in [0.1, 0.15) is 6.92 Å². The summed E-state index contributed by atoms with van der Waals surface area (Å²) in [5.41, 5.74) is 2.12. The monoisotopic (exact) mass is 283 g/mol. The Kier molecular flexibility index (Phi) is 3.27. The number of hydrogen-bond donors (Lipinski definition) is 0. The van der Waals surface area contributed by atoms with Gasteiger partial charge in [0.25, 0.3) is 5.69 Å². The summed E-state index contributed by atoms with van der Waals surface area (Å²) in [5, 5.41) is 10.9. The van der Waals surface area contributed by atoms with Gasteiger partial charge in [0.1, 0.15) is 0 Å². The van der Waals surface area contributed by atoms with Crippen LogP contribution in [0.4, 0.5) is 5.69 Å². The molecular formula is C15H13N3O3. The first-order valence-corrected chi connectivity index (χ1v) is 6.54. The molecule has 0 unspecified atom stereocenters. The van der Waals surface area contributed by atoms with Crippen molar-refractivity contribution in [3.8, 4) is 17.0 Å². The molecule has 0 fully saturated rings. The summed E-state index contributed by atoms with van der Waals surface area (Å²) in [4.78, 5) is 15.0. The number of fused-ring (bicyclic) bond motifs is 1. The van der Waals surface area contributed by atoms with Crippen molar-refractivity contribution >= 4 is 11.3 Å². The lowest BCUT2D eigenvalue weighted by Crippen LogP contribution is -1.94. The number of pyridine rings is 1. The largest absolute Gasteiger partial charge is 0.490 e. The minimum absolute atomic E-state index is 0.0505. The first-order chi connectivity index (χ1) is 10.2. The zero-order valence-corrected chi connectivity index (χ0v) is 11.4. The fourth-order valence-electron chi connectivity index (χ4n) is 2.17. The third-order valence-corrected chi connectivity index (χ3v) is 3.10. The van der Waals surface area contributed by atoms with Crippen molar-refractivity contribution in [2.24, 2.45) is 0 Å². The van der Waals surface area contributed by atoms with Crippen molar-refractivity contribution in [2.45, 2.75) is 6.92 Å². The van der Waals surface area contributed by atoms with Gasteiger partial charge in [-0.05, 0) is 19.1 Å². The maximum Gasteiger partial charge on any atom is 0.270 e. The molecule has 0 aliphatic carbocycles. The van der Waals surface area contributed by atoms with E-state index in [4.69, 9.17) is 4.74 Å². The highest BCUT2D eigenvalue weighted by Crippen LogP contribution is 2.26. The molecule has 6 nitrogen and oxygen atoms in total. The summed E-state index contributed by atoms with van der Waals surface area (Å²) in [5.74, 6) is 0.691. The smallest absolute Gasteiger partial charge is 0.270 e. The number of hydrogen-bond acceptors (Lipinski definition) is 4. The predicted octanol–water partition coefficient (Wildman–Crippen LogP) is 3.31. The Hall–Kier alpha value is -2.89. The van der Waals surface area contributed by atoms with Crippen LogP contribution in [0.5, 0.6) is 5.75 Å². The second kappa shape index (κ2) is 5.24. The number of imidazole rings is 1. The van der Waals surface area contributed by atoms with E-state index in [1.165, 1.54) is 12.1 Å². The van der Waals surface area contributed by atoms with E-state index < -0.39 is 4.92 Å². The Morgan fingerprint density at radius 2 is 2.19 bits per heavy atom. The molecule has 3 rings (SSSR count). The number of nitro groups is 1. The predicted molar refractivity (Wildman–Crippen MR) is 78.5 cm³/mol. The van der Waals surface area contributed by atoms with Gasteiger partial charge in [0, 0.05) is 30.1 Å². The zero-order valence-electron chi connectivity index (χ0n) is 11.4. The number of nitrogens with zero attached hydrogens (tertiary/aromatic N) is 3. The number of rotatable bonds is 4. The van der Waals surface area contributed by atoms with Crippen LogP contribution < -0.4 is 4.74 Å². The van der Waals surface area contributed by atoms with Gasteiger partial charge in [-0.15, -0.1) is 0 Å². The maximum absolute atomic E-state index is 10.9. The van der Waals surface area contributed by atoms with Gasteiger partial charge in [0.2, 0.25) is 0 Å². The second-order valence-corrected chi connectivity index (χ2v) is 4.47. The molecule has 0 bridgehead atoms. The highest BCUT2D eigenvalue weighted by atomic mass is 16.6. The van der Waals surface area contributed by atoms with Gasteiger partial charge in [-0.2, -0.15) is 0 Å². The lowest BCUT2D eigenvalue weighted by atomic mass is 10.1. The number of aromatic nitrogens is 2. The third kappa shape index (κ3) is 2.43. The lowest BCUT2D eigenvalue weighted by Gasteiger charge is -2.03. The van der Waals surface area contributed by atoms with Crippen molar-refractivity contribution in [1.29, 1.82) is 0 Å². The van der Waals surface area contributed by atoms with Crippen molar-refractivity contribution < 1.29 is 9.66 Å². The molecule has 1 aromatic carbocycles. The molecule has 2 heterocycles. The minimum atomic E-state index is -0.412. The summed E-state index contributed by atoms with van der Waals surface area (Å²) in [6, 6.07) is 10.2. The Balaban J connectivity index is 2.11. The molecule has 0 aliphatic rings.